The number of halogens is 2. The molecule has 1 amide bonds. The highest BCUT2D eigenvalue weighted by Crippen LogP contribution is 2.31. The first-order valence-electron chi connectivity index (χ1n) is 8.04. The Kier molecular flexibility index (Phi) is 4.90. The lowest BCUT2D eigenvalue weighted by Gasteiger charge is -2.18. The van der Waals surface area contributed by atoms with Crippen molar-refractivity contribution in [1.29, 1.82) is 0 Å². The van der Waals surface area contributed by atoms with E-state index >= 15 is 0 Å². The molecule has 0 heterocycles. The molecule has 0 fully saturated rings. The molecule has 0 radical (unpaired) electrons. The number of amides is 1. The summed E-state index contributed by atoms with van der Waals surface area (Å²) in [4.78, 5) is 12.1. The van der Waals surface area contributed by atoms with Crippen LogP contribution in [0.25, 0.3) is 0 Å². The van der Waals surface area contributed by atoms with Crippen molar-refractivity contribution in [3.05, 3.63) is 70.8 Å². The van der Waals surface area contributed by atoms with Gasteiger partial charge in [0, 0.05) is 12.8 Å². The van der Waals surface area contributed by atoms with E-state index in [9.17, 15) is 18.7 Å². The lowest BCUT2D eigenvalue weighted by Crippen LogP contribution is -2.33. The fraction of sp³-hybridized carbons (Fsp3) is 0.316. The second-order valence-corrected chi connectivity index (χ2v) is 6.10. The standard InChI is InChI=1S/C19H19F2NO2/c20-14-8-9-16(21)13(10-14)5-3-7-18(24)22-19-15-6-2-1-4-12(15)11-17(19)23/h1-2,4,6,8-10,17,19,23H,3,5,7,11H2,(H,22,24). The summed E-state index contributed by atoms with van der Waals surface area (Å²) in [5.41, 5.74) is 2.25. The average Bonchev–Trinajstić information content (AvgIpc) is 2.87. The lowest BCUT2D eigenvalue weighted by molar-refractivity contribution is -0.122. The van der Waals surface area contributed by atoms with Crippen molar-refractivity contribution >= 4 is 5.91 Å². The molecule has 3 nitrogen and oxygen atoms in total. The molecule has 2 unspecified atom stereocenters. The Hall–Kier alpha value is -2.27. The van der Waals surface area contributed by atoms with Crippen molar-refractivity contribution in [1.82, 2.24) is 5.32 Å². The molecule has 24 heavy (non-hydrogen) atoms. The van der Waals surface area contributed by atoms with Gasteiger partial charge in [0.2, 0.25) is 5.91 Å². The minimum absolute atomic E-state index is 0.196. The third-order valence-electron chi connectivity index (χ3n) is 4.38. The Morgan fingerprint density at radius 2 is 2.00 bits per heavy atom. The third kappa shape index (κ3) is 3.62. The van der Waals surface area contributed by atoms with Crippen molar-refractivity contribution < 1.29 is 18.7 Å². The quantitative estimate of drug-likeness (QED) is 0.885. The lowest BCUT2D eigenvalue weighted by atomic mass is 10.1. The fourth-order valence-corrected chi connectivity index (χ4v) is 3.17. The molecule has 126 valence electrons. The summed E-state index contributed by atoms with van der Waals surface area (Å²) in [5, 5.41) is 13.0. The van der Waals surface area contributed by atoms with Crippen LogP contribution >= 0.6 is 0 Å². The molecule has 2 aromatic rings. The maximum Gasteiger partial charge on any atom is 0.220 e. The van der Waals surface area contributed by atoms with Crippen LogP contribution in [0.2, 0.25) is 0 Å². The normalized spacial score (nSPS) is 19.1. The molecular weight excluding hydrogens is 312 g/mol. The number of carbonyl (C=O) groups excluding carboxylic acids is 1. The van der Waals surface area contributed by atoms with Crippen LogP contribution in [-0.4, -0.2) is 17.1 Å². The van der Waals surface area contributed by atoms with E-state index in [0.717, 1.165) is 29.3 Å². The van der Waals surface area contributed by atoms with Gasteiger partial charge < -0.3 is 10.4 Å². The van der Waals surface area contributed by atoms with Crippen LogP contribution in [0.5, 0.6) is 0 Å². The highest BCUT2D eigenvalue weighted by atomic mass is 19.1. The van der Waals surface area contributed by atoms with Gasteiger partial charge >= 0.3 is 0 Å². The summed E-state index contributed by atoms with van der Waals surface area (Å²) in [7, 11) is 0. The molecule has 0 aromatic heterocycles. The van der Waals surface area contributed by atoms with E-state index in [1.54, 1.807) is 0 Å². The number of aryl methyl sites for hydroxylation is 1. The molecule has 2 aromatic carbocycles. The van der Waals surface area contributed by atoms with Crippen LogP contribution in [-0.2, 0) is 17.6 Å². The van der Waals surface area contributed by atoms with E-state index in [1.165, 1.54) is 0 Å². The largest absolute Gasteiger partial charge is 0.390 e. The van der Waals surface area contributed by atoms with Gasteiger partial charge in [0.25, 0.3) is 0 Å². The van der Waals surface area contributed by atoms with Crippen molar-refractivity contribution in [2.45, 2.75) is 37.8 Å². The Morgan fingerprint density at radius 3 is 2.83 bits per heavy atom. The Morgan fingerprint density at radius 1 is 1.21 bits per heavy atom. The molecule has 5 heteroatoms. The minimum atomic E-state index is -0.632. The van der Waals surface area contributed by atoms with Crippen molar-refractivity contribution in [2.75, 3.05) is 0 Å². The van der Waals surface area contributed by atoms with Gasteiger partial charge in [-0.05, 0) is 47.7 Å². The zero-order valence-electron chi connectivity index (χ0n) is 13.1. The van der Waals surface area contributed by atoms with E-state index in [-0.39, 0.29) is 17.9 Å². The molecule has 2 N–H and O–H groups in total. The molecule has 1 aliphatic rings. The summed E-state index contributed by atoms with van der Waals surface area (Å²) < 4.78 is 26.7. The topological polar surface area (TPSA) is 49.3 Å². The summed E-state index contributed by atoms with van der Waals surface area (Å²) >= 11 is 0. The Labute approximate surface area is 139 Å². The summed E-state index contributed by atoms with van der Waals surface area (Å²) in [6.45, 7) is 0. The molecule has 0 saturated carbocycles. The number of aliphatic hydroxyl groups is 1. The fourth-order valence-electron chi connectivity index (χ4n) is 3.17. The van der Waals surface area contributed by atoms with Gasteiger partial charge in [0.15, 0.2) is 0 Å². The number of hydrogen-bond acceptors (Lipinski definition) is 2. The van der Waals surface area contributed by atoms with Crippen LogP contribution in [0.4, 0.5) is 8.78 Å². The number of carbonyl (C=O) groups is 1. The minimum Gasteiger partial charge on any atom is -0.390 e. The van der Waals surface area contributed by atoms with Gasteiger partial charge in [-0.2, -0.15) is 0 Å². The molecule has 3 rings (SSSR count). The smallest absolute Gasteiger partial charge is 0.220 e. The third-order valence-corrected chi connectivity index (χ3v) is 4.38. The number of rotatable bonds is 5. The van der Waals surface area contributed by atoms with Crippen LogP contribution in [0.15, 0.2) is 42.5 Å². The van der Waals surface area contributed by atoms with Crippen LogP contribution < -0.4 is 5.32 Å². The van der Waals surface area contributed by atoms with Crippen LogP contribution in [0, 0.1) is 11.6 Å². The Bertz CT molecular complexity index is 748. The maximum atomic E-state index is 13.5. The first kappa shape index (κ1) is 16.6. The highest BCUT2D eigenvalue weighted by Gasteiger charge is 2.31. The SMILES string of the molecule is O=C(CCCc1cc(F)ccc1F)NC1c2ccccc2CC1O. The second-order valence-electron chi connectivity index (χ2n) is 6.10. The van der Waals surface area contributed by atoms with Gasteiger partial charge in [-0.25, -0.2) is 8.78 Å². The number of fused-ring (bicyclic) bond motifs is 1. The van der Waals surface area contributed by atoms with E-state index < -0.39 is 23.8 Å². The molecule has 1 aliphatic carbocycles. The maximum absolute atomic E-state index is 13.5. The average molecular weight is 331 g/mol. The van der Waals surface area contributed by atoms with Crippen LogP contribution in [0.1, 0.15) is 35.6 Å². The highest BCUT2D eigenvalue weighted by molar-refractivity contribution is 5.76. The van der Waals surface area contributed by atoms with E-state index in [4.69, 9.17) is 0 Å². The van der Waals surface area contributed by atoms with Crippen molar-refractivity contribution in [3.8, 4) is 0 Å². The van der Waals surface area contributed by atoms with Crippen molar-refractivity contribution in [3.63, 3.8) is 0 Å². The van der Waals surface area contributed by atoms with E-state index in [2.05, 4.69) is 5.32 Å². The second kappa shape index (κ2) is 7.09. The summed E-state index contributed by atoms with van der Waals surface area (Å²) in [5.74, 6) is -1.15. The number of benzene rings is 2. The van der Waals surface area contributed by atoms with Crippen molar-refractivity contribution in [2.24, 2.45) is 0 Å². The summed E-state index contributed by atoms with van der Waals surface area (Å²) in [6, 6.07) is 10.5. The van der Waals surface area contributed by atoms with E-state index in [0.29, 0.717) is 19.3 Å². The van der Waals surface area contributed by atoms with E-state index in [1.807, 2.05) is 24.3 Å². The first-order valence-corrected chi connectivity index (χ1v) is 8.04. The number of nitrogens with one attached hydrogen (secondary N) is 1. The zero-order chi connectivity index (χ0) is 17.1. The predicted molar refractivity (Wildman–Crippen MR) is 86.3 cm³/mol. The van der Waals surface area contributed by atoms with Gasteiger partial charge in [-0.15, -0.1) is 0 Å². The van der Waals surface area contributed by atoms with Gasteiger partial charge in [0.1, 0.15) is 11.6 Å². The number of aliphatic hydroxyl groups excluding tert-OH is 1. The number of hydrogen-bond donors (Lipinski definition) is 2. The van der Waals surface area contributed by atoms with Gasteiger partial charge in [-0.1, -0.05) is 24.3 Å². The molecular formula is C19H19F2NO2. The monoisotopic (exact) mass is 331 g/mol. The first-order chi connectivity index (χ1) is 11.5. The van der Waals surface area contributed by atoms with Gasteiger partial charge in [-0.3, -0.25) is 4.79 Å². The Balaban J connectivity index is 1.54. The molecule has 0 bridgehead atoms. The molecule has 2 atom stereocenters. The van der Waals surface area contributed by atoms with Gasteiger partial charge in [0.05, 0.1) is 12.1 Å². The summed E-state index contributed by atoms with van der Waals surface area (Å²) in [6.07, 6.45) is 0.793. The molecule has 0 aliphatic heterocycles. The molecule has 0 spiro atoms. The predicted octanol–water partition coefficient (Wildman–Crippen LogP) is 3.06. The molecule has 0 saturated heterocycles. The zero-order valence-corrected chi connectivity index (χ0v) is 13.1. The van der Waals surface area contributed by atoms with Crippen LogP contribution in [0.3, 0.4) is 0 Å².